The summed E-state index contributed by atoms with van der Waals surface area (Å²) in [6, 6.07) is 8.13. The van der Waals surface area contributed by atoms with Crippen LogP contribution in [0.3, 0.4) is 0 Å². The molecule has 1 aromatic carbocycles. The molecule has 0 aliphatic carbocycles. The monoisotopic (exact) mass is 261 g/mol. The molecule has 2 rings (SSSR count). The minimum Gasteiger partial charge on any atom is -0.387 e. The topological polar surface area (TPSA) is 35.6 Å². The van der Waals surface area contributed by atoms with Gasteiger partial charge in [0.05, 0.1) is 5.56 Å². The first-order chi connectivity index (χ1) is 9.17. The molecular weight excluding hydrogens is 238 g/mol. The summed E-state index contributed by atoms with van der Waals surface area (Å²) in [6.07, 6.45) is 0. The zero-order valence-electron chi connectivity index (χ0n) is 12.0. The van der Waals surface area contributed by atoms with Gasteiger partial charge in [-0.25, -0.2) is 0 Å². The van der Waals surface area contributed by atoms with Gasteiger partial charge in [0, 0.05) is 38.4 Å². The van der Waals surface area contributed by atoms with Crippen molar-refractivity contribution in [2.45, 2.75) is 19.9 Å². The predicted molar refractivity (Wildman–Crippen MR) is 78.6 cm³/mol. The van der Waals surface area contributed by atoms with Crippen molar-refractivity contribution in [2.75, 3.05) is 38.5 Å². The van der Waals surface area contributed by atoms with E-state index in [0.717, 1.165) is 37.4 Å². The number of amides is 1. The van der Waals surface area contributed by atoms with Crippen LogP contribution >= 0.6 is 0 Å². The van der Waals surface area contributed by atoms with Crippen LogP contribution in [0.1, 0.15) is 24.2 Å². The van der Waals surface area contributed by atoms with Crippen molar-refractivity contribution in [2.24, 2.45) is 0 Å². The molecule has 1 fully saturated rings. The van der Waals surface area contributed by atoms with E-state index < -0.39 is 0 Å². The highest BCUT2D eigenvalue weighted by Crippen LogP contribution is 2.19. The van der Waals surface area contributed by atoms with Crippen LogP contribution in [0, 0.1) is 0 Å². The van der Waals surface area contributed by atoms with E-state index in [2.05, 4.69) is 24.1 Å². The molecule has 0 aromatic heterocycles. The summed E-state index contributed by atoms with van der Waals surface area (Å²) >= 11 is 0. The summed E-state index contributed by atoms with van der Waals surface area (Å²) in [6.45, 7) is 8.00. The number of hydrogen-bond acceptors (Lipinski definition) is 3. The first-order valence-electron chi connectivity index (χ1n) is 6.97. The number of para-hydroxylation sites is 1. The number of rotatable bonds is 3. The zero-order valence-corrected chi connectivity index (χ0v) is 12.0. The molecule has 1 unspecified atom stereocenters. The molecule has 1 aliphatic heterocycles. The van der Waals surface area contributed by atoms with Crippen LogP contribution < -0.4 is 5.32 Å². The third-order valence-corrected chi connectivity index (χ3v) is 3.89. The number of nitrogens with one attached hydrogen (secondary N) is 1. The van der Waals surface area contributed by atoms with Crippen LogP contribution in [-0.2, 0) is 0 Å². The van der Waals surface area contributed by atoms with E-state index in [4.69, 9.17) is 0 Å². The van der Waals surface area contributed by atoms with Crippen LogP contribution in [0.15, 0.2) is 24.3 Å². The lowest BCUT2D eigenvalue weighted by atomic mass is 10.1. The zero-order chi connectivity index (χ0) is 13.8. The van der Waals surface area contributed by atoms with Gasteiger partial charge in [0.15, 0.2) is 0 Å². The Morgan fingerprint density at radius 1 is 1.37 bits per heavy atom. The lowest BCUT2D eigenvalue weighted by molar-refractivity contribution is 0.0529. The SMILES string of the molecule is CCN1CCN(C(=O)c2ccccc2NC)CC1C. The molecular formula is C15H23N3O. The summed E-state index contributed by atoms with van der Waals surface area (Å²) in [4.78, 5) is 17.0. The van der Waals surface area contributed by atoms with Gasteiger partial charge in [-0.3, -0.25) is 9.69 Å². The average molecular weight is 261 g/mol. The number of likely N-dealkylation sites (N-methyl/N-ethyl adjacent to an activating group) is 1. The van der Waals surface area contributed by atoms with Gasteiger partial charge in [0.25, 0.3) is 5.91 Å². The van der Waals surface area contributed by atoms with Gasteiger partial charge < -0.3 is 10.2 Å². The lowest BCUT2D eigenvalue weighted by Gasteiger charge is -2.39. The number of benzene rings is 1. The Balaban J connectivity index is 2.12. The maximum atomic E-state index is 12.6. The minimum atomic E-state index is 0.132. The molecule has 1 saturated heterocycles. The summed E-state index contributed by atoms with van der Waals surface area (Å²) in [5.41, 5.74) is 1.67. The van der Waals surface area contributed by atoms with Crippen molar-refractivity contribution in [1.82, 2.24) is 9.80 Å². The van der Waals surface area contributed by atoms with Crippen molar-refractivity contribution in [3.05, 3.63) is 29.8 Å². The van der Waals surface area contributed by atoms with Gasteiger partial charge in [-0.2, -0.15) is 0 Å². The normalized spacial score (nSPS) is 20.4. The molecule has 19 heavy (non-hydrogen) atoms. The maximum Gasteiger partial charge on any atom is 0.256 e. The van der Waals surface area contributed by atoms with Crippen molar-refractivity contribution in [1.29, 1.82) is 0 Å². The predicted octanol–water partition coefficient (Wildman–Crippen LogP) is 1.89. The number of nitrogens with zero attached hydrogens (tertiary/aromatic N) is 2. The van der Waals surface area contributed by atoms with Crippen molar-refractivity contribution >= 4 is 11.6 Å². The van der Waals surface area contributed by atoms with Crippen LogP contribution in [0.4, 0.5) is 5.69 Å². The first kappa shape index (κ1) is 13.9. The second-order valence-corrected chi connectivity index (χ2v) is 5.02. The van der Waals surface area contributed by atoms with Crippen LogP contribution in [-0.4, -0.2) is 55.0 Å². The number of carbonyl (C=O) groups is 1. The van der Waals surface area contributed by atoms with Gasteiger partial charge in [0.2, 0.25) is 0 Å². The fourth-order valence-corrected chi connectivity index (χ4v) is 2.71. The molecule has 0 bridgehead atoms. The Kier molecular flexibility index (Phi) is 4.43. The molecule has 4 nitrogen and oxygen atoms in total. The molecule has 1 heterocycles. The Morgan fingerprint density at radius 3 is 2.74 bits per heavy atom. The van der Waals surface area contributed by atoms with E-state index in [1.807, 2.05) is 36.2 Å². The number of carbonyl (C=O) groups excluding carboxylic acids is 1. The van der Waals surface area contributed by atoms with Gasteiger partial charge in [0.1, 0.15) is 0 Å². The number of piperazine rings is 1. The molecule has 0 spiro atoms. The Morgan fingerprint density at radius 2 is 2.11 bits per heavy atom. The summed E-state index contributed by atoms with van der Waals surface area (Å²) in [5, 5.41) is 3.09. The molecule has 0 saturated carbocycles. The largest absolute Gasteiger partial charge is 0.387 e. The average Bonchev–Trinajstić information content (AvgIpc) is 2.46. The molecule has 0 radical (unpaired) electrons. The van der Waals surface area contributed by atoms with E-state index in [0.29, 0.717) is 6.04 Å². The fraction of sp³-hybridized carbons (Fsp3) is 0.533. The summed E-state index contributed by atoms with van der Waals surface area (Å²) < 4.78 is 0. The minimum absolute atomic E-state index is 0.132. The third kappa shape index (κ3) is 2.89. The molecule has 1 aromatic rings. The van der Waals surface area contributed by atoms with E-state index in [1.165, 1.54) is 0 Å². The van der Waals surface area contributed by atoms with Crippen molar-refractivity contribution in [3.63, 3.8) is 0 Å². The second kappa shape index (κ2) is 6.06. The molecule has 1 N–H and O–H groups in total. The molecule has 1 aliphatic rings. The van der Waals surface area contributed by atoms with Crippen molar-refractivity contribution in [3.8, 4) is 0 Å². The van der Waals surface area contributed by atoms with Gasteiger partial charge >= 0.3 is 0 Å². The van der Waals surface area contributed by atoms with E-state index in [9.17, 15) is 4.79 Å². The highest BCUT2D eigenvalue weighted by atomic mass is 16.2. The highest BCUT2D eigenvalue weighted by molar-refractivity contribution is 5.99. The second-order valence-electron chi connectivity index (χ2n) is 5.02. The highest BCUT2D eigenvalue weighted by Gasteiger charge is 2.27. The molecule has 4 heteroatoms. The van der Waals surface area contributed by atoms with Crippen LogP contribution in [0.2, 0.25) is 0 Å². The molecule has 1 atom stereocenters. The quantitative estimate of drug-likeness (QED) is 0.902. The van der Waals surface area contributed by atoms with E-state index >= 15 is 0 Å². The van der Waals surface area contributed by atoms with E-state index in [1.54, 1.807) is 0 Å². The lowest BCUT2D eigenvalue weighted by Crippen LogP contribution is -2.53. The fourth-order valence-electron chi connectivity index (χ4n) is 2.71. The van der Waals surface area contributed by atoms with Crippen molar-refractivity contribution < 1.29 is 4.79 Å². The van der Waals surface area contributed by atoms with Gasteiger partial charge in [-0.1, -0.05) is 19.1 Å². The van der Waals surface area contributed by atoms with Crippen LogP contribution in [0.5, 0.6) is 0 Å². The Bertz CT molecular complexity index is 447. The summed E-state index contributed by atoms with van der Waals surface area (Å²) in [5.74, 6) is 0.132. The molecule has 1 amide bonds. The van der Waals surface area contributed by atoms with Gasteiger partial charge in [-0.05, 0) is 25.6 Å². The van der Waals surface area contributed by atoms with Gasteiger partial charge in [-0.15, -0.1) is 0 Å². The Labute approximate surface area is 115 Å². The first-order valence-corrected chi connectivity index (χ1v) is 6.97. The Hall–Kier alpha value is -1.55. The van der Waals surface area contributed by atoms with Crippen LogP contribution in [0.25, 0.3) is 0 Å². The summed E-state index contributed by atoms with van der Waals surface area (Å²) in [7, 11) is 1.85. The third-order valence-electron chi connectivity index (χ3n) is 3.89. The smallest absolute Gasteiger partial charge is 0.256 e. The molecule has 104 valence electrons. The standard InChI is InChI=1S/C15H23N3O/c1-4-17-9-10-18(11-12(17)2)15(19)13-7-5-6-8-14(13)16-3/h5-8,12,16H,4,9-11H2,1-3H3. The number of anilines is 1. The van der Waals surface area contributed by atoms with E-state index in [-0.39, 0.29) is 5.91 Å². The number of hydrogen-bond donors (Lipinski definition) is 1. The maximum absolute atomic E-state index is 12.6.